The molecule has 0 N–H and O–H groups in total. The van der Waals surface area contributed by atoms with E-state index in [9.17, 15) is 4.79 Å². The van der Waals surface area contributed by atoms with E-state index < -0.39 is 0 Å². The van der Waals surface area contributed by atoms with E-state index in [1.165, 1.54) is 12.8 Å². The quantitative estimate of drug-likeness (QED) is 0.520. The van der Waals surface area contributed by atoms with Gasteiger partial charge in [0.25, 0.3) is 0 Å². The smallest absolute Gasteiger partial charge is 0.323 e. The summed E-state index contributed by atoms with van der Waals surface area (Å²) in [5.41, 5.74) is 1.04. The molecule has 1 aromatic carbocycles. The molecule has 3 heteroatoms. The Balaban J connectivity index is 2.61. The minimum Gasteiger partial charge on any atom is -0.465 e. The van der Waals surface area contributed by atoms with Gasteiger partial charge in [-0.3, -0.25) is 4.79 Å². The maximum atomic E-state index is 12.0. The van der Waals surface area contributed by atoms with E-state index >= 15 is 0 Å². The molecule has 0 heterocycles. The van der Waals surface area contributed by atoms with E-state index in [-0.39, 0.29) is 11.2 Å². The van der Waals surface area contributed by atoms with E-state index in [1.54, 1.807) is 11.8 Å². The lowest BCUT2D eigenvalue weighted by Gasteiger charge is -2.15. The normalized spacial score (nSPS) is 12.1. The van der Waals surface area contributed by atoms with Crippen LogP contribution in [0.5, 0.6) is 0 Å². The highest BCUT2D eigenvalue weighted by molar-refractivity contribution is 8.00. The van der Waals surface area contributed by atoms with Crippen LogP contribution in [-0.4, -0.2) is 18.3 Å². The molecule has 0 aliphatic heterocycles. The van der Waals surface area contributed by atoms with Crippen molar-refractivity contribution < 1.29 is 9.53 Å². The Bertz CT molecular complexity index is 338. The van der Waals surface area contributed by atoms with Gasteiger partial charge < -0.3 is 4.74 Å². The van der Waals surface area contributed by atoms with Gasteiger partial charge in [0, 0.05) is 0 Å². The molecule has 0 amide bonds. The van der Waals surface area contributed by atoms with Gasteiger partial charge in [0.2, 0.25) is 0 Å². The SMILES string of the molecule is CCCCCSC(C(=O)OCC)c1ccccc1. The summed E-state index contributed by atoms with van der Waals surface area (Å²) in [7, 11) is 0. The van der Waals surface area contributed by atoms with Crippen molar-refractivity contribution >= 4 is 17.7 Å². The second-order valence-corrected chi connectivity index (χ2v) is 5.33. The third-order valence-electron chi connectivity index (χ3n) is 2.64. The second-order valence-electron chi connectivity index (χ2n) is 4.12. The van der Waals surface area contributed by atoms with Crippen LogP contribution in [0.15, 0.2) is 30.3 Å². The summed E-state index contributed by atoms with van der Waals surface area (Å²) < 4.78 is 5.16. The van der Waals surface area contributed by atoms with Crippen LogP contribution in [0.1, 0.15) is 43.9 Å². The summed E-state index contributed by atoms with van der Waals surface area (Å²) in [6, 6.07) is 9.89. The molecule has 1 atom stereocenters. The number of thioether (sulfide) groups is 1. The molecular formula is C15H22O2S. The Morgan fingerprint density at radius 1 is 1.22 bits per heavy atom. The van der Waals surface area contributed by atoms with Gasteiger partial charge >= 0.3 is 5.97 Å². The summed E-state index contributed by atoms with van der Waals surface area (Å²) in [5.74, 6) is 0.886. The lowest BCUT2D eigenvalue weighted by Crippen LogP contribution is -2.13. The summed E-state index contributed by atoms with van der Waals surface area (Å²) in [6.07, 6.45) is 3.58. The van der Waals surface area contributed by atoms with Crippen molar-refractivity contribution in [3.8, 4) is 0 Å². The molecule has 0 aliphatic rings. The fourth-order valence-electron chi connectivity index (χ4n) is 1.70. The van der Waals surface area contributed by atoms with Crippen LogP contribution in [0.4, 0.5) is 0 Å². The molecular weight excluding hydrogens is 244 g/mol. The van der Waals surface area contributed by atoms with Crippen LogP contribution in [0.3, 0.4) is 0 Å². The molecule has 1 aromatic rings. The van der Waals surface area contributed by atoms with Crippen molar-refractivity contribution in [1.82, 2.24) is 0 Å². The highest BCUT2D eigenvalue weighted by Gasteiger charge is 2.21. The first-order valence-corrected chi connectivity index (χ1v) is 7.67. The van der Waals surface area contributed by atoms with E-state index in [0.29, 0.717) is 6.61 Å². The van der Waals surface area contributed by atoms with Crippen LogP contribution in [-0.2, 0) is 9.53 Å². The zero-order valence-corrected chi connectivity index (χ0v) is 12.0. The lowest BCUT2D eigenvalue weighted by atomic mass is 10.1. The number of benzene rings is 1. The molecule has 0 aromatic heterocycles. The summed E-state index contributed by atoms with van der Waals surface area (Å²) in [6.45, 7) is 4.48. The number of esters is 1. The summed E-state index contributed by atoms with van der Waals surface area (Å²) in [5, 5.41) is -0.178. The average molecular weight is 266 g/mol. The third kappa shape index (κ3) is 5.13. The van der Waals surface area contributed by atoms with Gasteiger partial charge in [0.1, 0.15) is 5.25 Å². The zero-order chi connectivity index (χ0) is 13.2. The highest BCUT2D eigenvalue weighted by Crippen LogP contribution is 2.30. The summed E-state index contributed by atoms with van der Waals surface area (Å²) in [4.78, 5) is 12.0. The molecule has 2 nitrogen and oxygen atoms in total. The lowest BCUT2D eigenvalue weighted by molar-refractivity contribution is -0.142. The third-order valence-corrected chi connectivity index (χ3v) is 3.96. The molecule has 0 radical (unpaired) electrons. The summed E-state index contributed by atoms with van der Waals surface area (Å²) >= 11 is 1.69. The van der Waals surface area contributed by atoms with Crippen molar-refractivity contribution in [2.24, 2.45) is 0 Å². The zero-order valence-electron chi connectivity index (χ0n) is 11.2. The first-order valence-electron chi connectivity index (χ1n) is 6.62. The molecule has 0 bridgehead atoms. The molecule has 0 spiro atoms. The van der Waals surface area contributed by atoms with Crippen molar-refractivity contribution in [2.75, 3.05) is 12.4 Å². The van der Waals surface area contributed by atoms with Crippen molar-refractivity contribution in [2.45, 2.75) is 38.4 Å². The Morgan fingerprint density at radius 2 is 1.94 bits per heavy atom. The number of unbranched alkanes of at least 4 members (excludes halogenated alkanes) is 2. The number of ether oxygens (including phenoxy) is 1. The van der Waals surface area contributed by atoms with Gasteiger partial charge in [-0.15, -0.1) is 11.8 Å². The second kappa shape index (κ2) is 9.03. The Kier molecular flexibility index (Phi) is 7.58. The van der Waals surface area contributed by atoms with Gasteiger partial charge in [-0.05, 0) is 24.7 Å². The molecule has 1 unspecified atom stereocenters. The van der Waals surface area contributed by atoms with Crippen LogP contribution in [0.2, 0.25) is 0 Å². The van der Waals surface area contributed by atoms with E-state index in [1.807, 2.05) is 37.3 Å². The van der Waals surface area contributed by atoms with Crippen LogP contribution < -0.4 is 0 Å². The fourth-order valence-corrected chi connectivity index (χ4v) is 2.86. The maximum absolute atomic E-state index is 12.0. The van der Waals surface area contributed by atoms with Crippen LogP contribution >= 0.6 is 11.8 Å². The van der Waals surface area contributed by atoms with E-state index in [0.717, 1.165) is 17.7 Å². The van der Waals surface area contributed by atoms with Gasteiger partial charge in [-0.25, -0.2) is 0 Å². The first-order chi connectivity index (χ1) is 8.79. The standard InChI is InChI=1S/C15H22O2S/c1-3-5-9-12-18-14(15(16)17-4-2)13-10-7-6-8-11-13/h6-8,10-11,14H,3-5,9,12H2,1-2H3. The molecule has 100 valence electrons. The Labute approximate surface area is 114 Å². The molecule has 1 rings (SSSR count). The highest BCUT2D eigenvalue weighted by atomic mass is 32.2. The predicted molar refractivity (Wildman–Crippen MR) is 77.8 cm³/mol. The minimum absolute atomic E-state index is 0.120. The van der Waals surface area contributed by atoms with Crippen LogP contribution in [0.25, 0.3) is 0 Å². The molecule has 0 aliphatic carbocycles. The van der Waals surface area contributed by atoms with Gasteiger partial charge in [-0.1, -0.05) is 50.1 Å². The fraction of sp³-hybridized carbons (Fsp3) is 0.533. The number of hydrogen-bond acceptors (Lipinski definition) is 3. The van der Waals surface area contributed by atoms with Gasteiger partial charge in [0.15, 0.2) is 0 Å². The molecule has 0 fully saturated rings. The number of rotatable bonds is 8. The topological polar surface area (TPSA) is 26.3 Å². The predicted octanol–water partition coefficient (Wildman–Crippen LogP) is 4.21. The maximum Gasteiger partial charge on any atom is 0.323 e. The first kappa shape index (κ1) is 15.1. The average Bonchev–Trinajstić information content (AvgIpc) is 2.40. The number of carbonyl (C=O) groups excluding carboxylic acids is 1. The van der Waals surface area contributed by atoms with Crippen molar-refractivity contribution in [3.63, 3.8) is 0 Å². The Morgan fingerprint density at radius 3 is 2.56 bits per heavy atom. The number of hydrogen-bond donors (Lipinski definition) is 0. The van der Waals surface area contributed by atoms with Gasteiger partial charge in [0.05, 0.1) is 6.61 Å². The largest absolute Gasteiger partial charge is 0.465 e. The molecule has 18 heavy (non-hydrogen) atoms. The van der Waals surface area contributed by atoms with E-state index in [2.05, 4.69) is 6.92 Å². The van der Waals surface area contributed by atoms with Gasteiger partial charge in [-0.2, -0.15) is 0 Å². The minimum atomic E-state index is -0.178. The van der Waals surface area contributed by atoms with Crippen molar-refractivity contribution in [3.05, 3.63) is 35.9 Å². The van der Waals surface area contributed by atoms with Crippen molar-refractivity contribution in [1.29, 1.82) is 0 Å². The molecule has 0 saturated heterocycles. The van der Waals surface area contributed by atoms with E-state index in [4.69, 9.17) is 4.74 Å². The van der Waals surface area contributed by atoms with Crippen LogP contribution in [0, 0.1) is 0 Å². The Hall–Kier alpha value is -0.960. The molecule has 0 saturated carbocycles. The monoisotopic (exact) mass is 266 g/mol. The number of carbonyl (C=O) groups is 1.